The van der Waals surface area contributed by atoms with Gasteiger partial charge in [0.25, 0.3) is 0 Å². The first-order chi connectivity index (χ1) is 9.29. The van der Waals surface area contributed by atoms with E-state index in [9.17, 15) is 4.79 Å². The number of carbonyl (C=O) groups excluding carboxylic acids is 1. The van der Waals surface area contributed by atoms with Crippen LogP contribution in [0.2, 0.25) is 0 Å². The predicted molar refractivity (Wildman–Crippen MR) is 72.2 cm³/mol. The highest BCUT2D eigenvalue weighted by atomic mass is 16.6. The van der Waals surface area contributed by atoms with Crippen LogP contribution in [-0.2, 0) is 4.84 Å². The van der Waals surface area contributed by atoms with Crippen molar-refractivity contribution in [1.29, 1.82) is 0 Å². The SMILES string of the molecule is CO/N=C\C1=CCCN(C(=O)Oc2ccccc2)C1. The first-order valence-electron chi connectivity index (χ1n) is 6.07. The summed E-state index contributed by atoms with van der Waals surface area (Å²) in [6.07, 6.45) is 4.09. The zero-order valence-corrected chi connectivity index (χ0v) is 10.8. The van der Waals surface area contributed by atoms with Gasteiger partial charge in [0.05, 0.1) is 12.8 Å². The Kier molecular flexibility index (Phi) is 4.55. The standard InChI is InChI=1S/C14H16N2O3/c1-18-15-10-12-6-5-9-16(11-12)14(17)19-13-7-3-2-4-8-13/h2-4,6-8,10H,5,9,11H2,1H3/b15-10-. The van der Waals surface area contributed by atoms with Crippen molar-refractivity contribution in [3.05, 3.63) is 42.0 Å². The van der Waals surface area contributed by atoms with E-state index in [4.69, 9.17) is 4.74 Å². The maximum Gasteiger partial charge on any atom is 0.415 e. The number of nitrogens with zero attached hydrogens (tertiary/aromatic N) is 2. The normalized spacial score (nSPS) is 15.2. The topological polar surface area (TPSA) is 51.1 Å². The zero-order chi connectivity index (χ0) is 13.5. The molecular weight excluding hydrogens is 244 g/mol. The van der Waals surface area contributed by atoms with Crippen LogP contribution in [0, 0.1) is 0 Å². The van der Waals surface area contributed by atoms with E-state index < -0.39 is 0 Å². The van der Waals surface area contributed by atoms with Crippen LogP contribution in [0.5, 0.6) is 5.75 Å². The fourth-order valence-electron chi connectivity index (χ4n) is 1.79. The maximum absolute atomic E-state index is 12.0. The number of rotatable bonds is 3. The molecule has 100 valence electrons. The molecule has 0 fully saturated rings. The van der Waals surface area contributed by atoms with Crippen LogP contribution in [0.1, 0.15) is 6.42 Å². The summed E-state index contributed by atoms with van der Waals surface area (Å²) >= 11 is 0. The molecule has 2 rings (SSSR count). The second kappa shape index (κ2) is 6.58. The van der Waals surface area contributed by atoms with E-state index in [1.54, 1.807) is 23.2 Å². The van der Waals surface area contributed by atoms with Gasteiger partial charge in [-0.25, -0.2) is 4.79 Å². The number of para-hydroxylation sites is 1. The highest BCUT2D eigenvalue weighted by Gasteiger charge is 2.19. The number of hydrogen-bond acceptors (Lipinski definition) is 4. The van der Waals surface area contributed by atoms with Crippen LogP contribution in [-0.4, -0.2) is 37.4 Å². The van der Waals surface area contributed by atoms with Gasteiger partial charge in [0.2, 0.25) is 0 Å². The second-order valence-corrected chi connectivity index (χ2v) is 4.09. The molecule has 0 aliphatic carbocycles. The van der Waals surface area contributed by atoms with Crippen molar-refractivity contribution in [1.82, 2.24) is 4.90 Å². The molecule has 1 heterocycles. The van der Waals surface area contributed by atoms with E-state index in [-0.39, 0.29) is 6.09 Å². The average molecular weight is 260 g/mol. The van der Waals surface area contributed by atoms with E-state index in [2.05, 4.69) is 9.99 Å². The fourth-order valence-corrected chi connectivity index (χ4v) is 1.79. The number of amides is 1. The Morgan fingerprint density at radius 3 is 2.89 bits per heavy atom. The molecule has 1 amide bonds. The zero-order valence-electron chi connectivity index (χ0n) is 10.8. The lowest BCUT2D eigenvalue weighted by atomic mass is 10.1. The minimum atomic E-state index is -0.345. The van der Waals surface area contributed by atoms with Crippen molar-refractivity contribution in [2.75, 3.05) is 20.2 Å². The average Bonchev–Trinajstić information content (AvgIpc) is 2.46. The maximum atomic E-state index is 12.0. The van der Waals surface area contributed by atoms with E-state index in [1.165, 1.54) is 7.11 Å². The Morgan fingerprint density at radius 2 is 2.16 bits per heavy atom. The minimum Gasteiger partial charge on any atom is -0.410 e. The summed E-state index contributed by atoms with van der Waals surface area (Å²) in [5.74, 6) is 0.550. The number of oxime groups is 1. The van der Waals surface area contributed by atoms with Crippen molar-refractivity contribution >= 4 is 12.3 Å². The van der Waals surface area contributed by atoms with Gasteiger partial charge in [-0.1, -0.05) is 29.4 Å². The molecule has 0 atom stereocenters. The highest BCUT2D eigenvalue weighted by molar-refractivity contribution is 5.81. The molecule has 0 spiro atoms. The van der Waals surface area contributed by atoms with Crippen molar-refractivity contribution in [2.24, 2.45) is 5.16 Å². The molecule has 1 aliphatic rings. The van der Waals surface area contributed by atoms with E-state index in [0.717, 1.165) is 12.0 Å². The molecule has 1 aliphatic heterocycles. The van der Waals surface area contributed by atoms with Crippen molar-refractivity contribution in [3.63, 3.8) is 0 Å². The molecular formula is C14H16N2O3. The lowest BCUT2D eigenvalue weighted by molar-refractivity contribution is 0.156. The molecule has 0 saturated carbocycles. The van der Waals surface area contributed by atoms with Gasteiger partial charge in [0.1, 0.15) is 12.9 Å². The van der Waals surface area contributed by atoms with E-state index in [1.807, 2.05) is 24.3 Å². The summed E-state index contributed by atoms with van der Waals surface area (Å²) in [7, 11) is 1.49. The number of carbonyl (C=O) groups is 1. The van der Waals surface area contributed by atoms with Crippen LogP contribution in [0.3, 0.4) is 0 Å². The predicted octanol–water partition coefficient (Wildman–Crippen LogP) is 2.45. The summed E-state index contributed by atoms with van der Waals surface area (Å²) in [6, 6.07) is 9.04. The molecule has 5 nitrogen and oxygen atoms in total. The fraction of sp³-hybridized carbons (Fsp3) is 0.286. The summed E-state index contributed by atoms with van der Waals surface area (Å²) < 4.78 is 5.29. The van der Waals surface area contributed by atoms with Crippen LogP contribution < -0.4 is 4.74 Å². The van der Waals surface area contributed by atoms with Gasteiger partial charge < -0.3 is 14.5 Å². The molecule has 0 aromatic heterocycles. The Labute approximate surface area is 112 Å². The molecule has 1 aromatic rings. The van der Waals surface area contributed by atoms with Crippen molar-refractivity contribution in [2.45, 2.75) is 6.42 Å². The molecule has 0 unspecified atom stereocenters. The molecule has 5 heteroatoms. The summed E-state index contributed by atoms with van der Waals surface area (Å²) in [5.41, 5.74) is 0.943. The molecule has 19 heavy (non-hydrogen) atoms. The third-order valence-electron chi connectivity index (χ3n) is 2.71. The van der Waals surface area contributed by atoms with Gasteiger partial charge in [-0.15, -0.1) is 0 Å². The summed E-state index contributed by atoms with van der Waals surface area (Å²) in [6.45, 7) is 1.13. The Morgan fingerprint density at radius 1 is 1.37 bits per heavy atom. The van der Waals surface area contributed by atoms with Gasteiger partial charge in [-0.3, -0.25) is 0 Å². The molecule has 0 bridgehead atoms. The summed E-state index contributed by atoms with van der Waals surface area (Å²) in [5, 5.41) is 3.70. The molecule has 0 saturated heterocycles. The van der Waals surface area contributed by atoms with Gasteiger partial charge >= 0.3 is 6.09 Å². The summed E-state index contributed by atoms with van der Waals surface area (Å²) in [4.78, 5) is 18.3. The van der Waals surface area contributed by atoms with Gasteiger partial charge in [-0.2, -0.15) is 0 Å². The number of ether oxygens (including phenoxy) is 1. The highest BCUT2D eigenvalue weighted by Crippen LogP contribution is 2.13. The van der Waals surface area contributed by atoms with Gasteiger partial charge in [-0.05, 0) is 24.1 Å². The van der Waals surface area contributed by atoms with E-state index >= 15 is 0 Å². The second-order valence-electron chi connectivity index (χ2n) is 4.09. The largest absolute Gasteiger partial charge is 0.415 e. The van der Waals surface area contributed by atoms with Crippen molar-refractivity contribution in [3.8, 4) is 5.75 Å². The van der Waals surface area contributed by atoms with Crippen LogP contribution >= 0.6 is 0 Å². The molecule has 0 N–H and O–H groups in total. The monoisotopic (exact) mass is 260 g/mol. The number of benzene rings is 1. The van der Waals surface area contributed by atoms with E-state index in [0.29, 0.717) is 18.8 Å². The van der Waals surface area contributed by atoms with Gasteiger partial charge in [0, 0.05) is 6.54 Å². The minimum absolute atomic E-state index is 0.345. The lowest BCUT2D eigenvalue weighted by Gasteiger charge is -2.25. The first-order valence-corrected chi connectivity index (χ1v) is 6.07. The van der Waals surface area contributed by atoms with Crippen molar-refractivity contribution < 1.29 is 14.4 Å². The first kappa shape index (κ1) is 13.1. The van der Waals surface area contributed by atoms with Crippen LogP contribution in [0.4, 0.5) is 4.79 Å². The Hall–Kier alpha value is -2.30. The molecule has 1 aromatic carbocycles. The number of hydrogen-bond donors (Lipinski definition) is 0. The quantitative estimate of drug-likeness (QED) is 0.619. The Bertz CT molecular complexity index is 483. The lowest BCUT2D eigenvalue weighted by Crippen LogP contribution is -2.38. The molecule has 0 radical (unpaired) electrons. The van der Waals surface area contributed by atoms with Crippen LogP contribution in [0.25, 0.3) is 0 Å². The van der Waals surface area contributed by atoms with Crippen LogP contribution in [0.15, 0.2) is 47.1 Å². The Balaban J connectivity index is 1.94. The van der Waals surface area contributed by atoms with Gasteiger partial charge in [0.15, 0.2) is 0 Å². The smallest absolute Gasteiger partial charge is 0.410 e. The third kappa shape index (κ3) is 3.84. The third-order valence-corrected chi connectivity index (χ3v) is 2.71.